The highest BCUT2D eigenvalue weighted by atomic mass is 16.5. The van der Waals surface area contributed by atoms with Gasteiger partial charge in [-0.2, -0.15) is 0 Å². The Bertz CT molecular complexity index is 423. The number of fused-ring (bicyclic) bond motifs is 2. The fraction of sp³-hybridized carbons (Fsp3) is 0.947. The molecule has 0 amide bonds. The Hall–Kier alpha value is -0.810. The SMILES string of the molecule is CCCCOCCCN=C(NCC)NC1C2CCOC2C12CCC2. The zero-order chi connectivity index (χ0) is 16.8. The maximum atomic E-state index is 6.01. The van der Waals surface area contributed by atoms with E-state index in [0.717, 1.165) is 51.7 Å². The lowest BCUT2D eigenvalue weighted by Gasteiger charge is -2.63. The fourth-order valence-electron chi connectivity index (χ4n) is 4.63. The zero-order valence-electron chi connectivity index (χ0n) is 15.5. The van der Waals surface area contributed by atoms with Crippen molar-refractivity contribution in [2.45, 2.75) is 70.9 Å². The highest BCUT2D eigenvalue weighted by molar-refractivity contribution is 5.80. The molecule has 3 rings (SSSR count). The summed E-state index contributed by atoms with van der Waals surface area (Å²) < 4.78 is 11.6. The van der Waals surface area contributed by atoms with Crippen LogP contribution in [-0.4, -0.2) is 51.0 Å². The van der Waals surface area contributed by atoms with E-state index >= 15 is 0 Å². The largest absolute Gasteiger partial charge is 0.381 e. The van der Waals surface area contributed by atoms with E-state index in [1.807, 2.05) is 0 Å². The summed E-state index contributed by atoms with van der Waals surface area (Å²) in [6.07, 6.45) is 9.04. The third-order valence-electron chi connectivity index (χ3n) is 6.03. The van der Waals surface area contributed by atoms with Gasteiger partial charge in [-0.3, -0.25) is 4.99 Å². The number of rotatable bonds is 9. The van der Waals surface area contributed by atoms with E-state index in [1.165, 1.54) is 32.1 Å². The molecule has 1 saturated heterocycles. The van der Waals surface area contributed by atoms with Gasteiger partial charge in [0.05, 0.1) is 6.10 Å². The maximum Gasteiger partial charge on any atom is 0.191 e. The van der Waals surface area contributed by atoms with Crippen molar-refractivity contribution in [3.8, 4) is 0 Å². The number of aliphatic imine (C=N–C) groups is 1. The van der Waals surface area contributed by atoms with Gasteiger partial charge in [-0.05, 0) is 39.0 Å². The monoisotopic (exact) mass is 337 g/mol. The summed E-state index contributed by atoms with van der Waals surface area (Å²) in [4.78, 5) is 4.76. The van der Waals surface area contributed by atoms with Crippen LogP contribution in [0.5, 0.6) is 0 Å². The minimum atomic E-state index is 0.403. The summed E-state index contributed by atoms with van der Waals surface area (Å²) in [6.45, 7) is 8.69. The number of hydrogen-bond donors (Lipinski definition) is 2. The highest BCUT2D eigenvalue weighted by Crippen LogP contribution is 2.62. The minimum absolute atomic E-state index is 0.403. The van der Waals surface area contributed by atoms with Crippen LogP contribution in [0.2, 0.25) is 0 Å². The molecule has 1 aliphatic heterocycles. The van der Waals surface area contributed by atoms with Gasteiger partial charge in [0.1, 0.15) is 0 Å². The van der Waals surface area contributed by atoms with Crippen molar-refractivity contribution in [2.24, 2.45) is 16.3 Å². The Balaban J connectivity index is 1.46. The third-order valence-corrected chi connectivity index (χ3v) is 6.03. The van der Waals surface area contributed by atoms with Crippen LogP contribution in [0.25, 0.3) is 0 Å². The molecule has 3 aliphatic rings. The molecule has 2 saturated carbocycles. The van der Waals surface area contributed by atoms with E-state index in [1.54, 1.807) is 0 Å². The standard InChI is InChI=1S/C19H35N3O2/c1-3-5-12-23-13-7-11-21-18(20-4-2)22-16-15-8-14-24-17(15)19(16)9-6-10-19/h15-17H,3-14H2,1-2H3,(H2,20,21,22). The summed E-state index contributed by atoms with van der Waals surface area (Å²) in [5, 5.41) is 7.16. The molecule has 0 aromatic heterocycles. The molecule has 1 spiro atoms. The van der Waals surface area contributed by atoms with Gasteiger partial charge < -0.3 is 20.1 Å². The lowest BCUT2D eigenvalue weighted by Crippen LogP contribution is -2.72. The average Bonchev–Trinajstić information content (AvgIpc) is 2.95. The summed E-state index contributed by atoms with van der Waals surface area (Å²) in [6, 6.07) is 0.553. The van der Waals surface area contributed by atoms with Crippen LogP contribution in [0.1, 0.15) is 58.8 Å². The molecule has 5 nitrogen and oxygen atoms in total. The van der Waals surface area contributed by atoms with Crippen LogP contribution in [0.3, 0.4) is 0 Å². The number of nitrogens with one attached hydrogen (secondary N) is 2. The van der Waals surface area contributed by atoms with E-state index in [-0.39, 0.29) is 0 Å². The van der Waals surface area contributed by atoms with Gasteiger partial charge in [-0.1, -0.05) is 19.8 Å². The molecule has 3 atom stereocenters. The molecule has 0 bridgehead atoms. The van der Waals surface area contributed by atoms with Crippen molar-refractivity contribution in [1.29, 1.82) is 0 Å². The first-order chi connectivity index (χ1) is 11.8. The second kappa shape index (κ2) is 8.52. The lowest BCUT2D eigenvalue weighted by molar-refractivity contribution is -0.171. The van der Waals surface area contributed by atoms with Crippen LogP contribution < -0.4 is 10.6 Å². The van der Waals surface area contributed by atoms with Gasteiger partial charge >= 0.3 is 0 Å². The van der Waals surface area contributed by atoms with Crippen molar-refractivity contribution in [2.75, 3.05) is 32.9 Å². The van der Waals surface area contributed by atoms with Crippen molar-refractivity contribution in [3.05, 3.63) is 0 Å². The Kier molecular flexibility index (Phi) is 6.39. The number of unbranched alkanes of at least 4 members (excludes halogenated alkanes) is 1. The van der Waals surface area contributed by atoms with Gasteiger partial charge in [-0.15, -0.1) is 0 Å². The van der Waals surface area contributed by atoms with Crippen molar-refractivity contribution >= 4 is 5.96 Å². The fourth-order valence-corrected chi connectivity index (χ4v) is 4.63. The molecular formula is C19H35N3O2. The summed E-state index contributed by atoms with van der Waals surface area (Å²) in [5.74, 6) is 1.67. The summed E-state index contributed by atoms with van der Waals surface area (Å²) >= 11 is 0. The van der Waals surface area contributed by atoms with E-state index in [4.69, 9.17) is 14.5 Å². The Morgan fingerprint density at radius 1 is 1.25 bits per heavy atom. The predicted octanol–water partition coefficient (Wildman–Crippen LogP) is 2.71. The van der Waals surface area contributed by atoms with E-state index in [2.05, 4.69) is 24.5 Å². The Morgan fingerprint density at radius 2 is 2.08 bits per heavy atom. The van der Waals surface area contributed by atoms with Crippen LogP contribution in [0.15, 0.2) is 4.99 Å². The molecule has 0 aromatic rings. The average molecular weight is 338 g/mol. The van der Waals surface area contributed by atoms with E-state index in [9.17, 15) is 0 Å². The van der Waals surface area contributed by atoms with Crippen LogP contribution >= 0.6 is 0 Å². The molecule has 3 unspecified atom stereocenters. The highest BCUT2D eigenvalue weighted by Gasteiger charge is 2.66. The van der Waals surface area contributed by atoms with Crippen molar-refractivity contribution < 1.29 is 9.47 Å². The predicted molar refractivity (Wildman–Crippen MR) is 97.4 cm³/mol. The number of ether oxygens (including phenoxy) is 2. The van der Waals surface area contributed by atoms with Gasteiger partial charge in [0.15, 0.2) is 5.96 Å². The van der Waals surface area contributed by atoms with E-state index < -0.39 is 0 Å². The van der Waals surface area contributed by atoms with E-state index in [0.29, 0.717) is 23.5 Å². The van der Waals surface area contributed by atoms with Crippen LogP contribution in [0, 0.1) is 11.3 Å². The number of hydrogen-bond acceptors (Lipinski definition) is 3. The summed E-state index contributed by atoms with van der Waals surface area (Å²) in [5.41, 5.74) is 0.403. The van der Waals surface area contributed by atoms with Crippen molar-refractivity contribution in [1.82, 2.24) is 10.6 Å². The number of guanidine groups is 1. The van der Waals surface area contributed by atoms with Gasteiger partial charge in [0.2, 0.25) is 0 Å². The molecule has 0 aromatic carbocycles. The van der Waals surface area contributed by atoms with Crippen molar-refractivity contribution in [3.63, 3.8) is 0 Å². The molecule has 0 radical (unpaired) electrons. The molecule has 1 heterocycles. The second-order valence-electron chi connectivity index (χ2n) is 7.53. The lowest BCUT2D eigenvalue weighted by atomic mass is 9.46. The molecular weight excluding hydrogens is 302 g/mol. The first kappa shape index (κ1) is 18.0. The maximum absolute atomic E-state index is 6.01. The topological polar surface area (TPSA) is 54.9 Å². The molecule has 2 aliphatic carbocycles. The first-order valence-corrected chi connectivity index (χ1v) is 10.1. The first-order valence-electron chi connectivity index (χ1n) is 10.1. The minimum Gasteiger partial charge on any atom is -0.381 e. The second-order valence-corrected chi connectivity index (χ2v) is 7.53. The molecule has 2 N–H and O–H groups in total. The Morgan fingerprint density at radius 3 is 2.79 bits per heavy atom. The number of nitrogens with zero attached hydrogens (tertiary/aromatic N) is 1. The third kappa shape index (κ3) is 3.57. The Labute approximate surface area is 147 Å². The van der Waals surface area contributed by atoms with Gasteiger partial charge in [0, 0.05) is 50.3 Å². The smallest absolute Gasteiger partial charge is 0.191 e. The van der Waals surface area contributed by atoms with Crippen LogP contribution in [-0.2, 0) is 9.47 Å². The van der Waals surface area contributed by atoms with Gasteiger partial charge in [0.25, 0.3) is 0 Å². The van der Waals surface area contributed by atoms with Gasteiger partial charge in [-0.25, -0.2) is 0 Å². The zero-order valence-corrected chi connectivity index (χ0v) is 15.5. The molecule has 138 valence electrons. The normalized spacial score (nSPS) is 30.6. The molecule has 5 heteroatoms. The summed E-state index contributed by atoms with van der Waals surface area (Å²) in [7, 11) is 0. The molecule has 24 heavy (non-hydrogen) atoms. The quantitative estimate of drug-likeness (QED) is 0.386. The molecule has 3 fully saturated rings. The van der Waals surface area contributed by atoms with Crippen LogP contribution in [0.4, 0.5) is 0 Å².